The zero-order valence-corrected chi connectivity index (χ0v) is 18.8. The van der Waals surface area contributed by atoms with Gasteiger partial charge in [-0.1, -0.05) is 44.4 Å². The molecule has 0 radical (unpaired) electrons. The number of hydrogen-bond acceptors (Lipinski definition) is 5. The minimum Gasteiger partial charge on any atom is -0.486 e. The lowest BCUT2D eigenvalue weighted by Gasteiger charge is -2.32. The van der Waals surface area contributed by atoms with Crippen molar-refractivity contribution < 1.29 is 14.3 Å². The van der Waals surface area contributed by atoms with E-state index < -0.39 is 0 Å². The molecule has 0 unspecified atom stereocenters. The maximum absolute atomic E-state index is 12.7. The van der Waals surface area contributed by atoms with Crippen LogP contribution in [0.4, 0.5) is 0 Å². The van der Waals surface area contributed by atoms with E-state index in [-0.39, 0.29) is 23.9 Å². The van der Waals surface area contributed by atoms with Gasteiger partial charge in [-0.15, -0.1) is 11.3 Å². The van der Waals surface area contributed by atoms with Gasteiger partial charge in [-0.05, 0) is 37.8 Å². The summed E-state index contributed by atoms with van der Waals surface area (Å²) in [6.07, 6.45) is 4.38. The van der Waals surface area contributed by atoms with Crippen LogP contribution in [0.3, 0.4) is 0 Å². The van der Waals surface area contributed by atoms with Crippen LogP contribution in [0.1, 0.15) is 67.0 Å². The fourth-order valence-electron chi connectivity index (χ4n) is 3.62. The van der Waals surface area contributed by atoms with E-state index in [1.807, 2.05) is 45.0 Å². The van der Waals surface area contributed by atoms with Crippen LogP contribution in [0.2, 0.25) is 0 Å². The number of hydrogen-bond donors (Lipinski definition) is 2. The largest absolute Gasteiger partial charge is 0.486 e. The van der Waals surface area contributed by atoms with Crippen LogP contribution in [0, 0.1) is 12.8 Å². The summed E-state index contributed by atoms with van der Waals surface area (Å²) in [7, 11) is 0. The van der Waals surface area contributed by atoms with Gasteiger partial charge >= 0.3 is 0 Å². The Morgan fingerprint density at radius 3 is 2.47 bits per heavy atom. The van der Waals surface area contributed by atoms with E-state index in [4.69, 9.17) is 4.74 Å². The van der Waals surface area contributed by atoms with Crippen LogP contribution in [-0.2, 0) is 11.4 Å². The minimum atomic E-state index is -0.192. The fraction of sp³-hybridized carbons (Fsp3) is 0.522. The van der Waals surface area contributed by atoms with Crippen molar-refractivity contribution in [1.82, 2.24) is 15.6 Å². The summed E-state index contributed by atoms with van der Waals surface area (Å²) in [5, 5.41) is 8.72. The monoisotopic (exact) mass is 429 g/mol. The Balaban J connectivity index is 1.54. The van der Waals surface area contributed by atoms with Crippen molar-refractivity contribution in [1.29, 1.82) is 0 Å². The van der Waals surface area contributed by atoms with Crippen molar-refractivity contribution in [2.45, 2.75) is 71.6 Å². The van der Waals surface area contributed by atoms with E-state index in [0.717, 1.165) is 36.4 Å². The molecule has 1 aromatic heterocycles. The molecule has 30 heavy (non-hydrogen) atoms. The lowest BCUT2D eigenvalue weighted by molar-refractivity contribution is -0.122. The molecule has 162 valence electrons. The number of nitrogens with one attached hydrogen (secondary N) is 2. The highest BCUT2D eigenvalue weighted by Crippen LogP contribution is 2.21. The summed E-state index contributed by atoms with van der Waals surface area (Å²) in [5.41, 5.74) is 1.58. The van der Waals surface area contributed by atoms with Crippen LogP contribution in [-0.4, -0.2) is 28.9 Å². The molecule has 6 nitrogen and oxygen atoms in total. The summed E-state index contributed by atoms with van der Waals surface area (Å²) >= 11 is 1.41. The molecule has 2 amide bonds. The van der Waals surface area contributed by atoms with E-state index in [1.165, 1.54) is 16.9 Å². The molecule has 1 aliphatic rings. The van der Waals surface area contributed by atoms with Crippen molar-refractivity contribution >= 4 is 23.2 Å². The zero-order chi connectivity index (χ0) is 21.5. The number of amides is 2. The molecule has 2 atom stereocenters. The molecule has 0 spiro atoms. The lowest BCUT2D eigenvalue weighted by atomic mass is 9.90. The Labute approximate surface area is 182 Å². The normalized spacial score (nSPS) is 18.8. The van der Waals surface area contributed by atoms with Crippen molar-refractivity contribution in [3.05, 3.63) is 45.9 Å². The summed E-state index contributed by atoms with van der Waals surface area (Å²) < 4.78 is 5.75. The number of thiazole rings is 1. The van der Waals surface area contributed by atoms with Crippen molar-refractivity contribution in [2.75, 3.05) is 0 Å². The first-order valence-electron chi connectivity index (χ1n) is 10.6. The maximum atomic E-state index is 12.7. The molecule has 7 heteroatoms. The van der Waals surface area contributed by atoms with Gasteiger partial charge in [-0.2, -0.15) is 0 Å². The smallest absolute Gasteiger partial charge is 0.271 e. The van der Waals surface area contributed by atoms with E-state index >= 15 is 0 Å². The van der Waals surface area contributed by atoms with Gasteiger partial charge in [0.1, 0.15) is 23.1 Å². The molecule has 1 aliphatic carbocycles. The van der Waals surface area contributed by atoms with Gasteiger partial charge < -0.3 is 15.4 Å². The first-order valence-corrected chi connectivity index (χ1v) is 11.5. The van der Waals surface area contributed by atoms with E-state index in [1.54, 1.807) is 5.38 Å². The van der Waals surface area contributed by atoms with Crippen LogP contribution in [0.15, 0.2) is 29.6 Å². The number of carbonyl (C=O) groups is 2. The topological polar surface area (TPSA) is 80.3 Å². The van der Waals surface area contributed by atoms with E-state index in [2.05, 4.69) is 15.6 Å². The second-order valence-corrected chi connectivity index (χ2v) is 9.31. The molecule has 0 aliphatic heterocycles. The third-order valence-corrected chi connectivity index (χ3v) is 6.01. The second-order valence-electron chi connectivity index (χ2n) is 8.36. The van der Waals surface area contributed by atoms with Crippen LogP contribution in [0.5, 0.6) is 5.75 Å². The van der Waals surface area contributed by atoms with E-state index in [0.29, 0.717) is 24.6 Å². The Kier molecular flexibility index (Phi) is 7.85. The third-order valence-electron chi connectivity index (χ3n) is 5.19. The van der Waals surface area contributed by atoms with Gasteiger partial charge in [-0.25, -0.2) is 4.98 Å². The SMILES string of the molecule is Cc1ccc(OCc2nc(C(=O)N[C@@H]3CCCC[C@H]3NC(=O)CC(C)C)cs2)cc1. The van der Waals surface area contributed by atoms with Crippen molar-refractivity contribution in [2.24, 2.45) is 5.92 Å². The lowest BCUT2D eigenvalue weighted by Crippen LogP contribution is -2.53. The van der Waals surface area contributed by atoms with Crippen molar-refractivity contribution in [3.63, 3.8) is 0 Å². The second kappa shape index (κ2) is 10.6. The highest BCUT2D eigenvalue weighted by Gasteiger charge is 2.28. The molecule has 1 saturated carbocycles. The molecule has 0 bridgehead atoms. The van der Waals surface area contributed by atoms with Gasteiger partial charge in [0.15, 0.2) is 0 Å². The highest BCUT2D eigenvalue weighted by molar-refractivity contribution is 7.09. The minimum absolute atomic E-state index is 0.0167. The first kappa shape index (κ1) is 22.3. The number of ether oxygens (including phenoxy) is 1. The summed E-state index contributed by atoms with van der Waals surface area (Å²) in [4.78, 5) is 29.3. The number of aromatic nitrogens is 1. The van der Waals surface area contributed by atoms with Gasteiger partial charge in [0.2, 0.25) is 5.91 Å². The quantitative estimate of drug-likeness (QED) is 0.658. The molecule has 1 heterocycles. The zero-order valence-electron chi connectivity index (χ0n) is 17.9. The molecule has 2 aromatic rings. The summed E-state index contributed by atoms with van der Waals surface area (Å²) in [6, 6.07) is 7.77. The molecule has 2 N–H and O–H groups in total. The Hall–Kier alpha value is -2.41. The van der Waals surface area contributed by atoms with E-state index in [9.17, 15) is 9.59 Å². The average Bonchev–Trinajstić information content (AvgIpc) is 3.18. The Morgan fingerprint density at radius 2 is 1.80 bits per heavy atom. The van der Waals surface area contributed by atoms with Gasteiger partial charge in [0.05, 0.1) is 0 Å². The predicted octanol–water partition coefficient (Wildman–Crippen LogP) is 4.23. The molecule has 1 fully saturated rings. The molecular weight excluding hydrogens is 398 g/mol. The molecule has 3 rings (SSSR count). The number of benzene rings is 1. The van der Waals surface area contributed by atoms with Crippen LogP contribution in [0.25, 0.3) is 0 Å². The Morgan fingerprint density at radius 1 is 1.13 bits per heavy atom. The first-order chi connectivity index (χ1) is 14.4. The fourth-order valence-corrected chi connectivity index (χ4v) is 4.30. The van der Waals surface area contributed by atoms with Gasteiger partial charge in [0.25, 0.3) is 5.91 Å². The van der Waals surface area contributed by atoms with Crippen LogP contribution >= 0.6 is 11.3 Å². The van der Waals surface area contributed by atoms with Crippen LogP contribution < -0.4 is 15.4 Å². The Bertz CT molecular complexity index is 848. The number of aryl methyl sites for hydroxylation is 1. The number of rotatable bonds is 8. The summed E-state index contributed by atoms with van der Waals surface area (Å²) in [6.45, 7) is 6.42. The number of nitrogens with zero attached hydrogens (tertiary/aromatic N) is 1. The van der Waals surface area contributed by atoms with Gasteiger partial charge in [-0.3, -0.25) is 9.59 Å². The van der Waals surface area contributed by atoms with Crippen molar-refractivity contribution in [3.8, 4) is 5.75 Å². The summed E-state index contributed by atoms with van der Waals surface area (Å²) in [5.74, 6) is 0.962. The molecular formula is C23H31N3O3S. The molecule has 1 aromatic carbocycles. The maximum Gasteiger partial charge on any atom is 0.271 e. The standard InChI is InChI=1S/C23H31N3O3S/c1-15(2)12-21(27)24-18-6-4-5-7-19(18)26-23(28)20-14-30-22(25-20)13-29-17-10-8-16(3)9-11-17/h8-11,14-15,18-19H,4-7,12-13H2,1-3H3,(H,24,27)(H,26,28)/t18-,19-/m1/s1. The van der Waals surface area contributed by atoms with Gasteiger partial charge in [0, 0.05) is 23.9 Å². The predicted molar refractivity (Wildman–Crippen MR) is 119 cm³/mol. The third kappa shape index (κ3) is 6.55. The number of carbonyl (C=O) groups excluding carboxylic acids is 2. The highest BCUT2D eigenvalue weighted by atomic mass is 32.1. The average molecular weight is 430 g/mol. The molecule has 0 saturated heterocycles.